The van der Waals surface area contributed by atoms with Gasteiger partial charge in [0.1, 0.15) is 0 Å². The third-order valence-corrected chi connectivity index (χ3v) is 2.31. The minimum absolute atomic E-state index is 0.259. The van der Waals surface area contributed by atoms with Gasteiger partial charge >= 0.3 is 0 Å². The molecule has 0 amide bonds. The molecule has 1 aliphatic rings. The van der Waals surface area contributed by atoms with E-state index in [1.54, 1.807) is 6.08 Å². The second-order valence-corrected chi connectivity index (χ2v) is 3.56. The molecule has 1 atom stereocenters. The fourth-order valence-electron chi connectivity index (χ4n) is 1.80. The van der Waals surface area contributed by atoms with Gasteiger partial charge in [0.15, 0.2) is 5.78 Å². The predicted molar refractivity (Wildman–Crippen MR) is 55.4 cm³/mol. The van der Waals surface area contributed by atoms with E-state index in [4.69, 9.17) is 0 Å². The van der Waals surface area contributed by atoms with Crippen LogP contribution in [0.2, 0.25) is 0 Å². The highest BCUT2D eigenvalue weighted by molar-refractivity contribution is 5.91. The molecule has 1 nitrogen and oxygen atoms in total. The number of hydrogen-bond donors (Lipinski definition) is 0. The van der Waals surface area contributed by atoms with E-state index in [1.807, 2.05) is 12.2 Å². The van der Waals surface area contributed by atoms with Gasteiger partial charge in [0.2, 0.25) is 0 Å². The van der Waals surface area contributed by atoms with Gasteiger partial charge in [-0.2, -0.15) is 0 Å². The van der Waals surface area contributed by atoms with E-state index < -0.39 is 0 Å². The van der Waals surface area contributed by atoms with Crippen LogP contribution in [0, 0.1) is 5.92 Å². The zero-order valence-corrected chi connectivity index (χ0v) is 7.96. The molecule has 0 bridgehead atoms. The molecule has 0 aliphatic heterocycles. The van der Waals surface area contributed by atoms with Crippen LogP contribution in [0.1, 0.15) is 25.7 Å². The Morgan fingerprint density at radius 3 is 2.77 bits per heavy atom. The van der Waals surface area contributed by atoms with Gasteiger partial charge in [-0.05, 0) is 31.3 Å². The fraction of sp³-hybridized carbons (Fsp3) is 0.417. The molecule has 1 aliphatic carbocycles. The summed E-state index contributed by atoms with van der Waals surface area (Å²) in [5.41, 5.74) is 1.22. The number of carbonyl (C=O) groups excluding carboxylic acids is 1. The van der Waals surface area contributed by atoms with Crippen LogP contribution in [0.15, 0.2) is 37.0 Å². The minimum atomic E-state index is 0.259. The van der Waals surface area contributed by atoms with Crippen molar-refractivity contribution in [3.63, 3.8) is 0 Å². The molecule has 1 unspecified atom stereocenters. The SMILES string of the molecule is C=CCC1=CC(=O)CC(CC=C)C1. The Kier molecular flexibility index (Phi) is 3.69. The monoisotopic (exact) mass is 176 g/mol. The molecule has 13 heavy (non-hydrogen) atoms. The maximum absolute atomic E-state index is 11.3. The number of hydrogen-bond acceptors (Lipinski definition) is 1. The van der Waals surface area contributed by atoms with Gasteiger partial charge in [0.05, 0.1) is 0 Å². The van der Waals surface area contributed by atoms with E-state index in [0.29, 0.717) is 12.3 Å². The first kappa shape index (κ1) is 9.97. The summed E-state index contributed by atoms with van der Waals surface area (Å²) >= 11 is 0. The van der Waals surface area contributed by atoms with Gasteiger partial charge in [-0.3, -0.25) is 4.79 Å². The van der Waals surface area contributed by atoms with Crippen molar-refractivity contribution in [2.24, 2.45) is 5.92 Å². The Balaban J connectivity index is 2.60. The summed E-state index contributed by atoms with van der Waals surface area (Å²) in [5.74, 6) is 0.736. The molecule has 0 spiro atoms. The van der Waals surface area contributed by atoms with Gasteiger partial charge in [-0.15, -0.1) is 13.2 Å². The lowest BCUT2D eigenvalue weighted by Crippen LogP contribution is -2.13. The molecule has 0 fully saturated rings. The van der Waals surface area contributed by atoms with Crippen LogP contribution in [-0.4, -0.2) is 5.78 Å². The lowest BCUT2D eigenvalue weighted by molar-refractivity contribution is -0.115. The first-order valence-corrected chi connectivity index (χ1v) is 4.70. The average Bonchev–Trinajstić information content (AvgIpc) is 2.04. The van der Waals surface area contributed by atoms with Crippen molar-refractivity contribution in [3.05, 3.63) is 37.0 Å². The van der Waals surface area contributed by atoms with E-state index >= 15 is 0 Å². The quantitative estimate of drug-likeness (QED) is 0.602. The second-order valence-electron chi connectivity index (χ2n) is 3.56. The molecule has 1 heteroatoms. The molecule has 70 valence electrons. The van der Waals surface area contributed by atoms with Crippen LogP contribution in [-0.2, 0) is 4.79 Å². The third kappa shape index (κ3) is 3.02. The molecule has 0 saturated heterocycles. The molecular formula is C12H16O. The van der Waals surface area contributed by atoms with Crippen molar-refractivity contribution >= 4 is 5.78 Å². The second kappa shape index (κ2) is 4.80. The summed E-state index contributed by atoms with van der Waals surface area (Å²) in [7, 11) is 0. The topological polar surface area (TPSA) is 17.1 Å². The third-order valence-electron chi connectivity index (χ3n) is 2.31. The summed E-state index contributed by atoms with van der Waals surface area (Å²) in [6, 6.07) is 0. The summed E-state index contributed by atoms with van der Waals surface area (Å²) in [4.78, 5) is 11.3. The molecule has 0 N–H and O–H groups in total. The molecule has 0 aromatic carbocycles. The van der Waals surface area contributed by atoms with Gasteiger partial charge < -0.3 is 0 Å². The summed E-state index contributed by atoms with van der Waals surface area (Å²) in [5, 5.41) is 0. The van der Waals surface area contributed by atoms with E-state index in [1.165, 1.54) is 5.57 Å². The highest BCUT2D eigenvalue weighted by Gasteiger charge is 2.18. The zero-order chi connectivity index (χ0) is 9.68. The summed E-state index contributed by atoms with van der Waals surface area (Å²) in [6.07, 6.45) is 9.04. The molecular weight excluding hydrogens is 160 g/mol. The maximum atomic E-state index is 11.3. The number of carbonyl (C=O) groups is 1. The largest absolute Gasteiger partial charge is 0.295 e. The summed E-state index contributed by atoms with van der Waals surface area (Å²) < 4.78 is 0. The highest BCUT2D eigenvalue weighted by Crippen LogP contribution is 2.26. The standard InChI is InChI=1S/C12H16O/c1-3-5-10-7-11(6-4-2)9-12(13)8-10/h3-4,8,11H,1-2,5-7,9H2. The first-order chi connectivity index (χ1) is 6.26. The number of allylic oxidation sites excluding steroid dienone is 4. The first-order valence-electron chi connectivity index (χ1n) is 4.70. The molecule has 0 aromatic heterocycles. The molecule has 0 radical (unpaired) electrons. The fourth-order valence-corrected chi connectivity index (χ4v) is 1.80. The van der Waals surface area contributed by atoms with Gasteiger partial charge in [0.25, 0.3) is 0 Å². The van der Waals surface area contributed by atoms with E-state index in [0.717, 1.165) is 19.3 Å². The van der Waals surface area contributed by atoms with Crippen LogP contribution in [0.4, 0.5) is 0 Å². The Morgan fingerprint density at radius 1 is 1.38 bits per heavy atom. The summed E-state index contributed by atoms with van der Waals surface area (Å²) in [6.45, 7) is 7.38. The van der Waals surface area contributed by atoms with Gasteiger partial charge in [-0.25, -0.2) is 0 Å². The number of rotatable bonds is 4. The average molecular weight is 176 g/mol. The smallest absolute Gasteiger partial charge is 0.155 e. The van der Waals surface area contributed by atoms with Crippen molar-refractivity contribution in [1.29, 1.82) is 0 Å². The van der Waals surface area contributed by atoms with Crippen LogP contribution in [0.5, 0.6) is 0 Å². The molecule has 1 rings (SSSR count). The normalized spacial score (nSPS) is 22.3. The van der Waals surface area contributed by atoms with E-state index in [2.05, 4.69) is 13.2 Å². The zero-order valence-electron chi connectivity index (χ0n) is 7.96. The van der Waals surface area contributed by atoms with Gasteiger partial charge in [0, 0.05) is 6.42 Å². The van der Waals surface area contributed by atoms with E-state index in [-0.39, 0.29) is 5.78 Å². The Morgan fingerprint density at radius 2 is 2.15 bits per heavy atom. The van der Waals surface area contributed by atoms with Crippen LogP contribution in [0.3, 0.4) is 0 Å². The lowest BCUT2D eigenvalue weighted by Gasteiger charge is -2.19. The van der Waals surface area contributed by atoms with Crippen molar-refractivity contribution in [2.75, 3.05) is 0 Å². The Hall–Kier alpha value is -1.11. The van der Waals surface area contributed by atoms with Crippen LogP contribution < -0.4 is 0 Å². The van der Waals surface area contributed by atoms with Gasteiger partial charge in [-0.1, -0.05) is 17.7 Å². The van der Waals surface area contributed by atoms with Crippen LogP contribution >= 0.6 is 0 Å². The molecule has 0 aromatic rings. The predicted octanol–water partition coefficient (Wildman–Crippen LogP) is 3.04. The van der Waals surface area contributed by atoms with Crippen molar-refractivity contribution in [1.82, 2.24) is 0 Å². The molecule has 0 heterocycles. The Labute approximate surface area is 79.8 Å². The van der Waals surface area contributed by atoms with Crippen molar-refractivity contribution in [3.8, 4) is 0 Å². The van der Waals surface area contributed by atoms with Crippen LogP contribution in [0.25, 0.3) is 0 Å². The van der Waals surface area contributed by atoms with Crippen molar-refractivity contribution in [2.45, 2.75) is 25.7 Å². The van der Waals surface area contributed by atoms with E-state index in [9.17, 15) is 4.79 Å². The minimum Gasteiger partial charge on any atom is -0.295 e. The number of ketones is 1. The Bertz CT molecular complexity index is 248. The highest BCUT2D eigenvalue weighted by atomic mass is 16.1. The maximum Gasteiger partial charge on any atom is 0.155 e. The van der Waals surface area contributed by atoms with Crippen molar-refractivity contribution < 1.29 is 4.79 Å². The molecule has 0 saturated carbocycles. The lowest BCUT2D eigenvalue weighted by atomic mass is 9.85.